The summed E-state index contributed by atoms with van der Waals surface area (Å²) in [4.78, 5) is 3.47. The number of rotatable bonds is 2. The van der Waals surface area contributed by atoms with E-state index in [0.717, 1.165) is 22.4 Å². The Labute approximate surface area is 121 Å². The van der Waals surface area contributed by atoms with Crippen molar-refractivity contribution in [1.82, 2.24) is 4.98 Å². The van der Waals surface area contributed by atoms with Crippen LogP contribution in [0.25, 0.3) is 21.8 Å². The monoisotopic (exact) mass is 274 g/mol. The minimum Gasteiger partial charge on any atom is -0.508 e. The molecule has 4 rings (SSSR count). The van der Waals surface area contributed by atoms with Gasteiger partial charge in [0.05, 0.1) is 11.2 Å². The average Bonchev–Trinajstić information content (AvgIpc) is 2.89. The molecule has 0 fully saturated rings. The molecule has 3 N–H and O–H groups in total. The van der Waals surface area contributed by atoms with Gasteiger partial charge in [-0.05, 0) is 36.4 Å². The molecule has 0 radical (unpaired) electrons. The summed E-state index contributed by atoms with van der Waals surface area (Å²) in [5.41, 5.74) is 4.19. The molecule has 0 spiro atoms. The summed E-state index contributed by atoms with van der Waals surface area (Å²) in [7, 11) is 0. The maximum Gasteiger partial charge on any atom is 0.115 e. The van der Waals surface area contributed by atoms with Crippen LogP contribution in [-0.4, -0.2) is 10.1 Å². The SMILES string of the molecule is Oc1ccc(Nc2cccc3c2[nH]c2ccccc23)cc1. The number of aromatic amines is 1. The van der Waals surface area contributed by atoms with Gasteiger partial charge >= 0.3 is 0 Å². The summed E-state index contributed by atoms with van der Waals surface area (Å²) in [6.07, 6.45) is 0. The van der Waals surface area contributed by atoms with Gasteiger partial charge in [-0.3, -0.25) is 0 Å². The van der Waals surface area contributed by atoms with Gasteiger partial charge in [0, 0.05) is 22.0 Å². The van der Waals surface area contributed by atoms with E-state index in [-0.39, 0.29) is 5.75 Å². The van der Waals surface area contributed by atoms with Crippen molar-refractivity contribution >= 4 is 33.2 Å². The third-order valence-electron chi connectivity index (χ3n) is 3.69. The van der Waals surface area contributed by atoms with E-state index in [1.807, 2.05) is 30.3 Å². The van der Waals surface area contributed by atoms with Crippen molar-refractivity contribution in [2.75, 3.05) is 5.32 Å². The zero-order valence-corrected chi connectivity index (χ0v) is 11.3. The molecular weight excluding hydrogens is 260 g/mol. The van der Waals surface area contributed by atoms with Crippen LogP contribution in [0.15, 0.2) is 66.7 Å². The molecule has 21 heavy (non-hydrogen) atoms. The van der Waals surface area contributed by atoms with Crippen LogP contribution in [-0.2, 0) is 0 Å². The summed E-state index contributed by atoms with van der Waals surface area (Å²) >= 11 is 0. The molecular formula is C18H14N2O. The van der Waals surface area contributed by atoms with Crippen molar-refractivity contribution in [3.05, 3.63) is 66.7 Å². The normalized spacial score (nSPS) is 11.0. The van der Waals surface area contributed by atoms with Crippen LogP contribution in [0.5, 0.6) is 5.75 Å². The summed E-state index contributed by atoms with van der Waals surface area (Å²) in [5.74, 6) is 0.268. The van der Waals surface area contributed by atoms with Crippen LogP contribution in [0.4, 0.5) is 11.4 Å². The zero-order valence-electron chi connectivity index (χ0n) is 11.3. The molecule has 1 heterocycles. The Morgan fingerprint density at radius 1 is 0.762 bits per heavy atom. The lowest BCUT2D eigenvalue weighted by Gasteiger charge is -2.07. The lowest BCUT2D eigenvalue weighted by Crippen LogP contribution is -1.90. The third-order valence-corrected chi connectivity index (χ3v) is 3.69. The molecule has 102 valence electrons. The summed E-state index contributed by atoms with van der Waals surface area (Å²) < 4.78 is 0. The van der Waals surface area contributed by atoms with E-state index in [2.05, 4.69) is 34.6 Å². The third kappa shape index (κ3) is 1.99. The number of aromatic nitrogens is 1. The highest BCUT2D eigenvalue weighted by Gasteiger charge is 2.07. The maximum absolute atomic E-state index is 9.36. The molecule has 0 aliphatic carbocycles. The highest BCUT2D eigenvalue weighted by atomic mass is 16.3. The van der Waals surface area contributed by atoms with Crippen LogP contribution < -0.4 is 5.32 Å². The number of benzene rings is 3. The molecule has 0 unspecified atom stereocenters. The molecule has 3 nitrogen and oxygen atoms in total. The lowest BCUT2D eigenvalue weighted by molar-refractivity contribution is 0.475. The summed E-state index contributed by atoms with van der Waals surface area (Å²) in [5, 5.41) is 15.2. The Hall–Kier alpha value is -2.94. The predicted molar refractivity (Wildman–Crippen MR) is 87.2 cm³/mol. The first kappa shape index (κ1) is 11.9. The lowest BCUT2D eigenvalue weighted by atomic mass is 10.1. The van der Waals surface area contributed by atoms with Crippen molar-refractivity contribution < 1.29 is 5.11 Å². The topological polar surface area (TPSA) is 48.0 Å². The van der Waals surface area contributed by atoms with Crippen molar-refractivity contribution in [2.24, 2.45) is 0 Å². The minimum absolute atomic E-state index is 0.268. The molecule has 0 bridgehead atoms. The van der Waals surface area contributed by atoms with E-state index in [9.17, 15) is 5.11 Å². The van der Waals surface area contributed by atoms with Gasteiger partial charge < -0.3 is 15.4 Å². The number of fused-ring (bicyclic) bond motifs is 3. The second kappa shape index (κ2) is 4.56. The molecule has 0 aliphatic heterocycles. The standard InChI is InChI=1S/C18H14N2O/c21-13-10-8-12(9-11-13)19-17-7-3-5-15-14-4-1-2-6-16(14)20-18(15)17/h1-11,19-21H. The highest BCUT2D eigenvalue weighted by Crippen LogP contribution is 2.31. The molecule has 0 atom stereocenters. The largest absolute Gasteiger partial charge is 0.508 e. The number of nitrogens with one attached hydrogen (secondary N) is 2. The van der Waals surface area contributed by atoms with Crippen LogP contribution in [0, 0.1) is 0 Å². The van der Waals surface area contributed by atoms with E-state index in [1.54, 1.807) is 12.1 Å². The number of hydrogen-bond acceptors (Lipinski definition) is 2. The first-order chi connectivity index (χ1) is 10.3. The Kier molecular flexibility index (Phi) is 2.57. The number of phenolic OH excluding ortho intramolecular Hbond substituents is 1. The van der Waals surface area contributed by atoms with Gasteiger partial charge in [0.2, 0.25) is 0 Å². The van der Waals surface area contributed by atoms with Gasteiger partial charge in [0.15, 0.2) is 0 Å². The average molecular weight is 274 g/mol. The maximum atomic E-state index is 9.36. The van der Waals surface area contributed by atoms with Gasteiger partial charge in [0.25, 0.3) is 0 Å². The van der Waals surface area contributed by atoms with E-state index in [4.69, 9.17) is 0 Å². The fourth-order valence-electron chi connectivity index (χ4n) is 2.68. The fraction of sp³-hybridized carbons (Fsp3) is 0. The van der Waals surface area contributed by atoms with E-state index < -0.39 is 0 Å². The molecule has 1 aromatic heterocycles. The van der Waals surface area contributed by atoms with Gasteiger partial charge in [-0.25, -0.2) is 0 Å². The second-order valence-electron chi connectivity index (χ2n) is 5.07. The van der Waals surface area contributed by atoms with Crippen molar-refractivity contribution in [3.63, 3.8) is 0 Å². The molecule has 3 aromatic carbocycles. The van der Waals surface area contributed by atoms with Crippen LogP contribution >= 0.6 is 0 Å². The van der Waals surface area contributed by atoms with Crippen molar-refractivity contribution in [1.29, 1.82) is 0 Å². The van der Waals surface area contributed by atoms with Crippen LogP contribution in [0.2, 0.25) is 0 Å². The predicted octanol–water partition coefficient (Wildman–Crippen LogP) is 4.77. The van der Waals surface area contributed by atoms with Gasteiger partial charge in [-0.2, -0.15) is 0 Å². The first-order valence-electron chi connectivity index (χ1n) is 6.87. The smallest absolute Gasteiger partial charge is 0.115 e. The molecule has 0 amide bonds. The molecule has 0 saturated carbocycles. The quantitative estimate of drug-likeness (QED) is 0.461. The van der Waals surface area contributed by atoms with Gasteiger partial charge in [0.1, 0.15) is 5.75 Å². The number of phenols is 1. The van der Waals surface area contributed by atoms with Crippen molar-refractivity contribution in [3.8, 4) is 5.75 Å². The van der Waals surface area contributed by atoms with E-state index in [0.29, 0.717) is 0 Å². The number of hydrogen-bond donors (Lipinski definition) is 3. The molecule has 0 saturated heterocycles. The molecule has 3 heteroatoms. The zero-order chi connectivity index (χ0) is 14.2. The summed E-state index contributed by atoms with van der Waals surface area (Å²) in [6.45, 7) is 0. The van der Waals surface area contributed by atoms with Gasteiger partial charge in [-0.15, -0.1) is 0 Å². The summed E-state index contributed by atoms with van der Waals surface area (Å²) in [6, 6.07) is 21.6. The molecule has 0 aliphatic rings. The first-order valence-corrected chi connectivity index (χ1v) is 6.87. The number of para-hydroxylation sites is 2. The van der Waals surface area contributed by atoms with Crippen LogP contribution in [0.1, 0.15) is 0 Å². The van der Waals surface area contributed by atoms with Gasteiger partial charge in [-0.1, -0.05) is 30.3 Å². The number of anilines is 2. The van der Waals surface area contributed by atoms with Crippen molar-refractivity contribution in [2.45, 2.75) is 0 Å². The van der Waals surface area contributed by atoms with E-state index >= 15 is 0 Å². The van der Waals surface area contributed by atoms with Crippen LogP contribution in [0.3, 0.4) is 0 Å². The Morgan fingerprint density at radius 3 is 2.38 bits per heavy atom. The Balaban J connectivity index is 1.86. The van der Waals surface area contributed by atoms with E-state index in [1.165, 1.54) is 10.8 Å². The number of H-pyrrole nitrogens is 1. The fourth-order valence-corrected chi connectivity index (χ4v) is 2.68. The Bertz CT molecular complexity index is 923. The Morgan fingerprint density at radius 2 is 1.52 bits per heavy atom. The molecule has 4 aromatic rings. The minimum atomic E-state index is 0.268. The second-order valence-corrected chi connectivity index (χ2v) is 5.07. The number of aromatic hydroxyl groups is 1. The highest BCUT2D eigenvalue weighted by molar-refractivity contribution is 6.11.